The van der Waals surface area contributed by atoms with Crippen molar-refractivity contribution in [3.05, 3.63) is 35.9 Å². The summed E-state index contributed by atoms with van der Waals surface area (Å²) in [6.07, 6.45) is 4.21. The normalized spacial score (nSPS) is 36.9. The van der Waals surface area contributed by atoms with Gasteiger partial charge in [0.2, 0.25) is 0 Å². The highest BCUT2D eigenvalue weighted by Crippen LogP contribution is 2.47. The van der Waals surface area contributed by atoms with Gasteiger partial charge in [0.05, 0.1) is 0 Å². The lowest BCUT2D eigenvalue weighted by Gasteiger charge is -2.46. The lowest BCUT2D eigenvalue weighted by atomic mass is 9.96. The van der Waals surface area contributed by atoms with E-state index in [1.807, 2.05) is 0 Å². The second kappa shape index (κ2) is 5.40. The number of benzene rings is 1. The van der Waals surface area contributed by atoms with Crippen molar-refractivity contribution in [1.29, 1.82) is 0 Å². The van der Waals surface area contributed by atoms with Crippen LogP contribution in [0.1, 0.15) is 44.6 Å². The molecule has 21 heavy (non-hydrogen) atoms. The lowest BCUT2D eigenvalue weighted by Crippen LogP contribution is -2.58. The van der Waals surface area contributed by atoms with Gasteiger partial charge in [-0.15, -0.1) is 0 Å². The molecule has 114 valence electrons. The van der Waals surface area contributed by atoms with E-state index in [-0.39, 0.29) is 0 Å². The van der Waals surface area contributed by atoms with Gasteiger partial charge in [-0.2, -0.15) is 0 Å². The van der Waals surface area contributed by atoms with Gasteiger partial charge in [0.15, 0.2) is 0 Å². The van der Waals surface area contributed by atoms with Gasteiger partial charge >= 0.3 is 0 Å². The molecule has 2 saturated heterocycles. The van der Waals surface area contributed by atoms with E-state index in [2.05, 4.69) is 54.0 Å². The highest BCUT2D eigenvalue weighted by molar-refractivity contribution is 5.28. The van der Waals surface area contributed by atoms with E-state index in [0.717, 1.165) is 30.0 Å². The minimum Gasteiger partial charge on any atom is -0.298 e. The minimum absolute atomic E-state index is 0.762. The monoisotopic (exact) mass is 284 g/mol. The first kappa shape index (κ1) is 13.8. The zero-order chi connectivity index (χ0) is 14.4. The van der Waals surface area contributed by atoms with Gasteiger partial charge < -0.3 is 0 Å². The molecule has 0 aromatic heterocycles. The van der Waals surface area contributed by atoms with Crippen LogP contribution < -0.4 is 0 Å². The molecule has 2 heteroatoms. The summed E-state index contributed by atoms with van der Waals surface area (Å²) in [6.45, 7) is 8.79. The van der Waals surface area contributed by atoms with Crippen LogP contribution in [-0.4, -0.2) is 47.6 Å². The SMILES string of the molecule is CC(C)C1CN2CCCC2CN1C1CC1c1ccccc1. The quantitative estimate of drug-likeness (QED) is 0.840. The van der Waals surface area contributed by atoms with E-state index >= 15 is 0 Å². The first-order valence-corrected chi connectivity index (χ1v) is 8.79. The Morgan fingerprint density at radius 3 is 2.67 bits per heavy atom. The molecule has 1 aromatic carbocycles. The zero-order valence-corrected chi connectivity index (χ0v) is 13.4. The molecule has 4 unspecified atom stereocenters. The number of nitrogens with zero attached hydrogens (tertiary/aromatic N) is 2. The number of piperazine rings is 1. The molecule has 1 saturated carbocycles. The number of rotatable bonds is 3. The van der Waals surface area contributed by atoms with Crippen molar-refractivity contribution in [2.24, 2.45) is 5.92 Å². The Morgan fingerprint density at radius 1 is 1.10 bits per heavy atom. The molecule has 4 atom stereocenters. The van der Waals surface area contributed by atoms with E-state index in [9.17, 15) is 0 Å². The van der Waals surface area contributed by atoms with Crippen molar-refractivity contribution in [3.63, 3.8) is 0 Å². The van der Waals surface area contributed by atoms with Gasteiger partial charge in [-0.3, -0.25) is 9.80 Å². The van der Waals surface area contributed by atoms with Gasteiger partial charge in [0.1, 0.15) is 0 Å². The molecule has 2 heterocycles. The van der Waals surface area contributed by atoms with Crippen LogP contribution in [0.25, 0.3) is 0 Å². The van der Waals surface area contributed by atoms with Crippen molar-refractivity contribution in [1.82, 2.24) is 9.80 Å². The third kappa shape index (κ3) is 2.53. The molecule has 3 fully saturated rings. The molecule has 3 aliphatic rings. The number of fused-ring (bicyclic) bond motifs is 1. The Morgan fingerprint density at radius 2 is 1.90 bits per heavy atom. The van der Waals surface area contributed by atoms with E-state index in [1.54, 1.807) is 5.56 Å². The molecule has 4 rings (SSSR count). The topological polar surface area (TPSA) is 6.48 Å². The molecule has 2 aliphatic heterocycles. The first-order chi connectivity index (χ1) is 10.2. The van der Waals surface area contributed by atoms with Crippen LogP contribution in [0.2, 0.25) is 0 Å². The summed E-state index contributed by atoms with van der Waals surface area (Å²) in [5, 5.41) is 0. The Hall–Kier alpha value is -0.860. The maximum atomic E-state index is 2.88. The Bertz CT molecular complexity index is 484. The Kier molecular flexibility index (Phi) is 3.55. The fraction of sp³-hybridized carbons (Fsp3) is 0.684. The van der Waals surface area contributed by atoms with Crippen molar-refractivity contribution in [2.45, 2.75) is 57.2 Å². The summed E-state index contributed by atoms with van der Waals surface area (Å²) in [6, 6.07) is 13.6. The lowest BCUT2D eigenvalue weighted by molar-refractivity contribution is 0.0224. The molecule has 0 spiro atoms. The third-order valence-corrected chi connectivity index (χ3v) is 5.95. The van der Waals surface area contributed by atoms with Crippen LogP contribution in [0.5, 0.6) is 0 Å². The largest absolute Gasteiger partial charge is 0.298 e. The fourth-order valence-electron chi connectivity index (χ4n) is 4.65. The van der Waals surface area contributed by atoms with Crippen LogP contribution in [0.15, 0.2) is 30.3 Å². The average molecular weight is 284 g/mol. The summed E-state index contributed by atoms with van der Waals surface area (Å²) in [7, 11) is 0. The van der Waals surface area contributed by atoms with Crippen molar-refractivity contribution in [2.75, 3.05) is 19.6 Å². The predicted octanol–water partition coefficient (Wildman–Crippen LogP) is 3.35. The van der Waals surface area contributed by atoms with E-state index in [4.69, 9.17) is 0 Å². The molecule has 0 radical (unpaired) electrons. The van der Waals surface area contributed by atoms with Crippen molar-refractivity contribution < 1.29 is 0 Å². The summed E-state index contributed by atoms with van der Waals surface area (Å²) in [5.74, 6) is 1.56. The summed E-state index contributed by atoms with van der Waals surface area (Å²) in [4.78, 5) is 5.65. The first-order valence-electron chi connectivity index (χ1n) is 8.79. The minimum atomic E-state index is 0.762. The molecule has 1 aliphatic carbocycles. The smallest absolute Gasteiger partial charge is 0.0250 e. The van der Waals surface area contributed by atoms with Crippen molar-refractivity contribution >= 4 is 0 Å². The molecular weight excluding hydrogens is 256 g/mol. The van der Waals surface area contributed by atoms with E-state index in [0.29, 0.717) is 0 Å². The van der Waals surface area contributed by atoms with Gasteiger partial charge in [0.25, 0.3) is 0 Å². The average Bonchev–Trinajstić information content (AvgIpc) is 3.17. The van der Waals surface area contributed by atoms with Crippen LogP contribution >= 0.6 is 0 Å². The highest BCUT2D eigenvalue weighted by atomic mass is 15.3. The van der Waals surface area contributed by atoms with Gasteiger partial charge in [0, 0.05) is 37.1 Å². The maximum Gasteiger partial charge on any atom is 0.0250 e. The van der Waals surface area contributed by atoms with Crippen LogP contribution in [0.4, 0.5) is 0 Å². The third-order valence-electron chi connectivity index (χ3n) is 5.95. The standard InChI is InChI=1S/C19H28N2/c1-14(2)19-13-20-10-6-9-16(20)12-21(19)18-11-17(18)15-7-4-3-5-8-15/h3-5,7-8,14,16-19H,6,9-13H2,1-2H3. The second-order valence-electron chi connectivity index (χ2n) is 7.62. The predicted molar refractivity (Wildman–Crippen MR) is 87.5 cm³/mol. The summed E-state index contributed by atoms with van der Waals surface area (Å²) < 4.78 is 0. The molecule has 0 N–H and O–H groups in total. The fourth-order valence-corrected chi connectivity index (χ4v) is 4.65. The van der Waals surface area contributed by atoms with Crippen LogP contribution in [0.3, 0.4) is 0 Å². The molecule has 0 bridgehead atoms. The number of hydrogen-bond acceptors (Lipinski definition) is 2. The second-order valence-corrected chi connectivity index (χ2v) is 7.62. The van der Waals surface area contributed by atoms with Gasteiger partial charge in [-0.25, -0.2) is 0 Å². The molecular formula is C19H28N2. The maximum absolute atomic E-state index is 2.88. The Balaban J connectivity index is 1.50. The molecule has 2 nitrogen and oxygen atoms in total. The van der Waals surface area contributed by atoms with Crippen LogP contribution in [-0.2, 0) is 0 Å². The van der Waals surface area contributed by atoms with E-state index < -0.39 is 0 Å². The molecule has 1 aromatic rings. The van der Waals surface area contributed by atoms with Gasteiger partial charge in [-0.1, -0.05) is 44.2 Å². The van der Waals surface area contributed by atoms with Gasteiger partial charge in [-0.05, 0) is 37.3 Å². The highest BCUT2D eigenvalue weighted by Gasteiger charge is 2.49. The molecule has 0 amide bonds. The summed E-state index contributed by atoms with van der Waals surface area (Å²) in [5.41, 5.74) is 1.55. The zero-order valence-electron chi connectivity index (χ0n) is 13.4. The Labute approximate surface area is 129 Å². The van der Waals surface area contributed by atoms with E-state index in [1.165, 1.54) is 38.9 Å². The summed E-state index contributed by atoms with van der Waals surface area (Å²) >= 11 is 0. The van der Waals surface area contributed by atoms with Crippen LogP contribution in [0, 0.1) is 5.92 Å². The number of hydrogen-bond donors (Lipinski definition) is 0. The van der Waals surface area contributed by atoms with Crippen molar-refractivity contribution in [3.8, 4) is 0 Å².